The fraction of sp³-hybridized carbons (Fsp3) is 0.250. The molecule has 0 atom stereocenters. The number of hydrogen-bond donors (Lipinski definition) is 0. The molecule has 0 radical (unpaired) electrons. The second-order valence-corrected chi connectivity index (χ2v) is 3.36. The third-order valence-corrected chi connectivity index (χ3v) is 2.36. The molecule has 1 heterocycles. The third-order valence-electron chi connectivity index (χ3n) is 2.36. The van der Waals surface area contributed by atoms with Gasteiger partial charge < -0.3 is 0 Å². The van der Waals surface area contributed by atoms with Crippen molar-refractivity contribution in [1.29, 1.82) is 0 Å². The molecule has 2 rings (SSSR count). The van der Waals surface area contributed by atoms with E-state index in [-0.39, 0.29) is 0 Å². The largest absolute Gasteiger partial charge is 0.256 e. The van der Waals surface area contributed by atoms with Crippen LogP contribution < -0.4 is 0 Å². The molecule has 0 aliphatic heterocycles. The van der Waals surface area contributed by atoms with Crippen LogP contribution in [0.25, 0.3) is 10.9 Å². The number of nitrogens with zero attached hydrogens (tertiary/aromatic N) is 1. The Labute approximate surface area is 82.6 Å². The Kier molecular flexibility index (Phi) is 2.44. The van der Waals surface area contributed by atoms with E-state index in [0.29, 0.717) is 5.56 Å². The van der Waals surface area contributed by atoms with Crippen molar-refractivity contribution < 1.29 is 4.39 Å². The van der Waals surface area contributed by atoms with Crippen LogP contribution in [-0.4, -0.2) is 4.98 Å². The first kappa shape index (κ1) is 9.13. The maximum atomic E-state index is 12.4. The molecule has 2 aromatic rings. The Morgan fingerprint density at radius 2 is 2.00 bits per heavy atom. The van der Waals surface area contributed by atoms with Crippen LogP contribution in [0.1, 0.15) is 18.1 Å². The van der Waals surface area contributed by atoms with Gasteiger partial charge in [-0.15, -0.1) is 0 Å². The van der Waals surface area contributed by atoms with E-state index in [1.165, 1.54) is 5.56 Å². The van der Waals surface area contributed by atoms with Crippen molar-refractivity contribution in [3.63, 3.8) is 0 Å². The zero-order chi connectivity index (χ0) is 9.97. The Morgan fingerprint density at radius 3 is 2.71 bits per heavy atom. The van der Waals surface area contributed by atoms with Gasteiger partial charge in [0.25, 0.3) is 0 Å². The first-order valence-electron chi connectivity index (χ1n) is 4.77. The molecule has 0 saturated heterocycles. The highest BCUT2D eigenvalue weighted by Gasteiger charge is 1.98. The molecule has 0 bridgehead atoms. The molecule has 0 N–H and O–H groups in total. The van der Waals surface area contributed by atoms with E-state index in [1.807, 2.05) is 18.3 Å². The second-order valence-electron chi connectivity index (χ2n) is 3.36. The van der Waals surface area contributed by atoms with Crippen LogP contribution in [-0.2, 0) is 13.1 Å². The zero-order valence-corrected chi connectivity index (χ0v) is 8.13. The van der Waals surface area contributed by atoms with Gasteiger partial charge in [-0.25, -0.2) is 4.39 Å². The van der Waals surface area contributed by atoms with Crippen LogP contribution in [0, 0.1) is 0 Å². The molecule has 0 aliphatic rings. The summed E-state index contributed by atoms with van der Waals surface area (Å²) in [6.07, 6.45) is 2.83. The lowest BCUT2D eigenvalue weighted by Gasteiger charge is -2.01. The lowest BCUT2D eigenvalue weighted by Crippen LogP contribution is -1.86. The smallest absolute Gasteiger partial charge is 0.115 e. The minimum absolute atomic E-state index is 0.410. The molecular weight excluding hydrogens is 177 g/mol. The van der Waals surface area contributed by atoms with Crippen LogP contribution in [0.4, 0.5) is 4.39 Å². The molecule has 14 heavy (non-hydrogen) atoms. The van der Waals surface area contributed by atoms with Gasteiger partial charge in [0.1, 0.15) is 6.67 Å². The highest BCUT2D eigenvalue weighted by atomic mass is 19.1. The van der Waals surface area contributed by atoms with Crippen molar-refractivity contribution in [3.8, 4) is 0 Å². The van der Waals surface area contributed by atoms with E-state index in [4.69, 9.17) is 0 Å². The summed E-state index contributed by atoms with van der Waals surface area (Å²) < 4.78 is 12.4. The number of aromatic nitrogens is 1. The number of alkyl halides is 1. The molecule has 72 valence electrons. The van der Waals surface area contributed by atoms with Gasteiger partial charge in [0.05, 0.1) is 5.52 Å². The Hall–Kier alpha value is -1.44. The van der Waals surface area contributed by atoms with Crippen LogP contribution >= 0.6 is 0 Å². The van der Waals surface area contributed by atoms with Gasteiger partial charge in [-0.1, -0.05) is 13.0 Å². The maximum Gasteiger partial charge on any atom is 0.115 e. The molecule has 1 nitrogen and oxygen atoms in total. The number of halogens is 1. The molecule has 0 amide bonds. The number of benzene rings is 1. The van der Waals surface area contributed by atoms with E-state index in [0.717, 1.165) is 17.3 Å². The molecule has 0 fully saturated rings. The van der Waals surface area contributed by atoms with Crippen LogP contribution in [0.15, 0.2) is 30.5 Å². The maximum absolute atomic E-state index is 12.4. The summed E-state index contributed by atoms with van der Waals surface area (Å²) in [4.78, 5) is 4.30. The van der Waals surface area contributed by atoms with E-state index in [1.54, 1.807) is 6.07 Å². The summed E-state index contributed by atoms with van der Waals surface area (Å²) in [6.45, 7) is 1.67. The standard InChI is InChI=1S/C12H12FN/c1-2-9-5-11-6-10(7-13)3-4-12(11)14-8-9/h3-6,8H,2,7H2,1H3. The van der Waals surface area contributed by atoms with E-state index < -0.39 is 6.67 Å². The normalized spacial score (nSPS) is 10.7. The van der Waals surface area contributed by atoms with Gasteiger partial charge in [0, 0.05) is 11.6 Å². The number of hydrogen-bond acceptors (Lipinski definition) is 1. The lowest BCUT2D eigenvalue weighted by molar-refractivity contribution is 0.485. The summed E-state index contributed by atoms with van der Waals surface area (Å²) in [5.74, 6) is 0. The quantitative estimate of drug-likeness (QED) is 0.706. The monoisotopic (exact) mass is 189 g/mol. The van der Waals surface area contributed by atoms with Crippen molar-refractivity contribution in [3.05, 3.63) is 41.6 Å². The molecule has 0 aliphatic carbocycles. The van der Waals surface area contributed by atoms with Crippen molar-refractivity contribution >= 4 is 10.9 Å². The Morgan fingerprint density at radius 1 is 1.21 bits per heavy atom. The molecule has 1 aromatic heterocycles. The highest BCUT2D eigenvalue weighted by molar-refractivity contribution is 5.79. The van der Waals surface area contributed by atoms with Gasteiger partial charge in [0.2, 0.25) is 0 Å². The Bertz CT molecular complexity index is 412. The zero-order valence-electron chi connectivity index (χ0n) is 8.13. The summed E-state index contributed by atoms with van der Waals surface area (Å²) in [6, 6.07) is 7.58. The predicted octanol–water partition coefficient (Wildman–Crippen LogP) is 3.27. The average molecular weight is 189 g/mol. The summed E-state index contributed by atoms with van der Waals surface area (Å²) in [5.41, 5.74) is 2.83. The Balaban J connectivity index is 2.60. The van der Waals surface area contributed by atoms with Crippen molar-refractivity contribution in [2.75, 3.05) is 0 Å². The highest BCUT2D eigenvalue weighted by Crippen LogP contribution is 2.16. The SMILES string of the molecule is CCc1cnc2ccc(CF)cc2c1. The molecule has 0 saturated carbocycles. The summed E-state index contributed by atoms with van der Waals surface area (Å²) >= 11 is 0. The molecular formula is C12H12FN. The molecule has 0 spiro atoms. The van der Waals surface area contributed by atoms with Gasteiger partial charge in [0.15, 0.2) is 0 Å². The molecule has 1 aromatic carbocycles. The van der Waals surface area contributed by atoms with Crippen molar-refractivity contribution in [1.82, 2.24) is 4.98 Å². The average Bonchev–Trinajstić information content (AvgIpc) is 2.27. The van der Waals surface area contributed by atoms with Gasteiger partial charge in [-0.05, 0) is 35.7 Å². The molecule has 0 unspecified atom stereocenters. The van der Waals surface area contributed by atoms with E-state index in [2.05, 4.69) is 18.0 Å². The van der Waals surface area contributed by atoms with Gasteiger partial charge >= 0.3 is 0 Å². The topological polar surface area (TPSA) is 12.9 Å². The first-order chi connectivity index (χ1) is 6.83. The number of rotatable bonds is 2. The van der Waals surface area contributed by atoms with Crippen LogP contribution in [0.3, 0.4) is 0 Å². The number of fused-ring (bicyclic) bond motifs is 1. The van der Waals surface area contributed by atoms with Crippen LogP contribution in [0.5, 0.6) is 0 Å². The van der Waals surface area contributed by atoms with Gasteiger partial charge in [-0.2, -0.15) is 0 Å². The first-order valence-corrected chi connectivity index (χ1v) is 4.77. The van der Waals surface area contributed by atoms with Gasteiger partial charge in [-0.3, -0.25) is 4.98 Å². The minimum Gasteiger partial charge on any atom is -0.256 e. The fourth-order valence-corrected chi connectivity index (χ4v) is 1.50. The minimum atomic E-state index is -0.410. The summed E-state index contributed by atoms with van der Waals surface area (Å²) in [5, 5.41) is 1.03. The van der Waals surface area contributed by atoms with Crippen molar-refractivity contribution in [2.24, 2.45) is 0 Å². The number of aryl methyl sites for hydroxylation is 1. The lowest BCUT2D eigenvalue weighted by atomic mass is 10.1. The van der Waals surface area contributed by atoms with Crippen LogP contribution in [0.2, 0.25) is 0 Å². The van der Waals surface area contributed by atoms with E-state index >= 15 is 0 Å². The molecule has 2 heteroatoms. The number of pyridine rings is 1. The van der Waals surface area contributed by atoms with E-state index in [9.17, 15) is 4.39 Å². The second kappa shape index (κ2) is 3.74. The fourth-order valence-electron chi connectivity index (χ4n) is 1.50. The third kappa shape index (κ3) is 1.60. The predicted molar refractivity (Wildman–Crippen MR) is 55.9 cm³/mol. The van der Waals surface area contributed by atoms with Crippen molar-refractivity contribution in [2.45, 2.75) is 20.0 Å². The summed E-state index contributed by atoms with van der Waals surface area (Å²) in [7, 11) is 0.